The number of benzene rings is 1. The van der Waals surface area contributed by atoms with Crippen LogP contribution in [0, 0.1) is 12.7 Å². The Morgan fingerprint density at radius 2 is 2.24 bits per heavy atom. The van der Waals surface area contributed by atoms with Crippen LogP contribution in [0.1, 0.15) is 23.2 Å². The first-order valence-electron chi connectivity index (χ1n) is 8.10. The molecule has 0 spiro atoms. The molecule has 0 radical (unpaired) electrons. The van der Waals surface area contributed by atoms with Crippen molar-refractivity contribution in [1.29, 1.82) is 0 Å². The van der Waals surface area contributed by atoms with E-state index in [4.69, 9.17) is 4.74 Å². The molecule has 0 fully saturated rings. The van der Waals surface area contributed by atoms with Crippen LogP contribution in [-0.2, 0) is 17.6 Å². The molecule has 0 bridgehead atoms. The molecular formula is C18H20FN3O2S. The first-order valence-corrected chi connectivity index (χ1v) is 8.98. The van der Waals surface area contributed by atoms with Gasteiger partial charge in [-0.15, -0.1) is 11.3 Å². The summed E-state index contributed by atoms with van der Waals surface area (Å²) in [4.78, 5) is 18.4. The number of amides is 1. The van der Waals surface area contributed by atoms with Crippen molar-refractivity contribution in [2.45, 2.75) is 26.7 Å². The van der Waals surface area contributed by atoms with Gasteiger partial charge in [0, 0.05) is 48.4 Å². The van der Waals surface area contributed by atoms with Crippen molar-refractivity contribution in [2.24, 2.45) is 0 Å². The normalized spacial score (nSPS) is 11.0. The Hall–Kier alpha value is -2.41. The SMILES string of the molecule is CC(=O)NCCc1c[nH]c2cc(F)c(OCCc3csc(C)n3)cc12. The van der Waals surface area contributed by atoms with Gasteiger partial charge < -0.3 is 15.0 Å². The molecule has 2 aromatic heterocycles. The maximum atomic E-state index is 14.2. The van der Waals surface area contributed by atoms with Gasteiger partial charge in [-0.1, -0.05) is 0 Å². The quantitative estimate of drug-likeness (QED) is 0.678. The van der Waals surface area contributed by atoms with Gasteiger partial charge >= 0.3 is 0 Å². The van der Waals surface area contributed by atoms with Gasteiger partial charge in [-0.05, 0) is 25.0 Å². The zero-order valence-electron chi connectivity index (χ0n) is 14.2. The minimum atomic E-state index is -0.391. The lowest BCUT2D eigenvalue weighted by Gasteiger charge is -2.08. The highest BCUT2D eigenvalue weighted by molar-refractivity contribution is 7.09. The Balaban J connectivity index is 1.69. The Kier molecular flexibility index (Phi) is 5.33. The van der Waals surface area contributed by atoms with Crippen molar-refractivity contribution < 1.29 is 13.9 Å². The largest absolute Gasteiger partial charge is 0.490 e. The predicted molar refractivity (Wildman–Crippen MR) is 96.7 cm³/mol. The van der Waals surface area contributed by atoms with Crippen LogP contribution in [-0.4, -0.2) is 29.0 Å². The highest BCUT2D eigenvalue weighted by atomic mass is 32.1. The van der Waals surface area contributed by atoms with E-state index in [1.807, 2.05) is 18.5 Å². The molecular weight excluding hydrogens is 341 g/mol. The van der Waals surface area contributed by atoms with E-state index in [0.29, 0.717) is 26.0 Å². The van der Waals surface area contributed by atoms with Crippen LogP contribution in [0.5, 0.6) is 5.75 Å². The Bertz CT molecular complexity index is 888. The fraction of sp³-hybridized carbons (Fsp3) is 0.333. The molecule has 132 valence electrons. The molecule has 0 aliphatic heterocycles. The number of rotatable bonds is 7. The van der Waals surface area contributed by atoms with Gasteiger partial charge in [0.15, 0.2) is 11.6 Å². The van der Waals surface area contributed by atoms with E-state index in [1.165, 1.54) is 13.0 Å². The molecule has 0 unspecified atom stereocenters. The monoisotopic (exact) mass is 361 g/mol. The second-order valence-corrected chi connectivity index (χ2v) is 6.89. The van der Waals surface area contributed by atoms with Gasteiger partial charge in [-0.2, -0.15) is 0 Å². The van der Waals surface area contributed by atoms with Gasteiger partial charge in [0.2, 0.25) is 5.91 Å². The number of carbonyl (C=O) groups excluding carboxylic acids is 1. The molecule has 2 heterocycles. The number of thiazole rings is 1. The van der Waals surface area contributed by atoms with Crippen LogP contribution in [0.4, 0.5) is 4.39 Å². The molecule has 0 atom stereocenters. The van der Waals surface area contributed by atoms with E-state index in [0.717, 1.165) is 27.2 Å². The average Bonchev–Trinajstić information content (AvgIpc) is 3.14. The Morgan fingerprint density at radius 1 is 1.40 bits per heavy atom. The molecule has 3 rings (SSSR count). The number of nitrogens with zero attached hydrogens (tertiary/aromatic N) is 1. The van der Waals surface area contributed by atoms with Gasteiger partial charge in [-0.3, -0.25) is 4.79 Å². The smallest absolute Gasteiger partial charge is 0.216 e. The van der Waals surface area contributed by atoms with Crippen molar-refractivity contribution >= 4 is 28.1 Å². The summed E-state index contributed by atoms with van der Waals surface area (Å²) in [6.45, 7) is 4.35. The molecule has 3 aromatic rings. The van der Waals surface area contributed by atoms with E-state index in [-0.39, 0.29) is 11.7 Å². The maximum absolute atomic E-state index is 14.2. The minimum absolute atomic E-state index is 0.0628. The topological polar surface area (TPSA) is 67.0 Å². The molecule has 0 saturated heterocycles. The van der Waals surface area contributed by atoms with Crippen LogP contribution in [0.3, 0.4) is 0 Å². The number of hydrogen-bond acceptors (Lipinski definition) is 4. The zero-order valence-corrected chi connectivity index (χ0v) is 15.0. The third-order valence-corrected chi connectivity index (χ3v) is 4.69. The minimum Gasteiger partial charge on any atom is -0.490 e. The number of H-pyrrole nitrogens is 1. The summed E-state index contributed by atoms with van der Waals surface area (Å²) in [5.74, 6) is -0.218. The lowest BCUT2D eigenvalue weighted by atomic mass is 10.1. The molecule has 0 aliphatic carbocycles. The number of fused-ring (bicyclic) bond motifs is 1. The zero-order chi connectivity index (χ0) is 17.8. The fourth-order valence-electron chi connectivity index (χ4n) is 2.66. The van der Waals surface area contributed by atoms with Crippen LogP contribution >= 0.6 is 11.3 Å². The Labute approximate surface area is 149 Å². The first kappa shape index (κ1) is 17.4. The van der Waals surface area contributed by atoms with Crippen LogP contribution < -0.4 is 10.1 Å². The van der Waals surface area contributed by atoms with E-state index in [2.05, 4.69) is 15.3 Å². The second-order valence-electron chi connectivity index (χ2n) is 5.83. The maximum Gasteiger partial charge on any atom is 0.216 e. The molecule has 5 nitrogen and oxygen atoms in total. The fourth-order valence-corrected chi connectivity index (χ4v) is 3.31. The van der Waals surface area contributed by atoms with E-state index >= 15 is 0 Å². The number of carbonyl (C=O) groups is 1. The number of aromatic nitrogens is 2. The molecule has 1 aromatic carbocycles. The summed E-state index contributed by atoms with van der Waals surface area (Å²) >= 11 is 1.59. The van der Waals surface area contributed by atoms with Gasteiger partial charge in [-0.25, -0.2) is 9.37 Å². The van der Waals surface area contributed by atoms with Gasteiger partial charge in [0.1, 0.15) is 0 Å². The van der Waals surface area contributed by atoms with Crippen molar-refractivity contribution in [2.75, 3.05) is 13.2 Å². The standard InChI is InChI=1S/C18H20FN3O2S/c1-11(23)20-5-3-13-9-21-17-8-16(19)18(7-15(13)17)24-6-4-14-10-25-12(2)22-14/h7-10,21H,3-6H2,1-2H3,(H,20,23). The average molecular weight is 361 g/mol. The molecule has 1 amide bonds. The lowest BCUT2D eigenvalue weighted by Crippen LogP contribution is -2.22. The number of nitrogens with one attached hydrogen (secondary N) is 2. The molecule has 0 saturated carbocycles. The number of ether oxygens (including phenoxy) is 1. The summed E-state index contributed by atoms with van der Waals surface area (Å²) in [5, 5.41) is 6.68. The second kappa shape index (κ2) is 7.65. The summed E-state index contributed by atoms with van der Waals surface area (Å²) in [5.41, 5.74) is 2.70. The Morgan fingerprint density at radius 3 is 2.96 bits per heavy atom. The number of hydrogen-bond donors (Lipinski definition) is 2. The molecule has 0 aliphatic rings. The van der Waals surface area contributed by atoms with Gasteiger partial charge in [0.25, 0.3) is 0 Å². The summed E-state index contributed by atoms with van der Waals surface area (Å²) in [6, 6.07) is 3.16. The van der Waals surface area contributed by atoms with E-state index in [9.17, 15) is 9.18 Å². The van der Waals surface area contributed by atoms with Crippen LogP contribution in [0.2, 0.25) is 0 Å². The summed E-state index contributed by atoms with van der Waals surface area (Å²) in [7, 11) is 0. The first-order chi connectivity index (χ1) is 12.0. The number of aryl methyl sites for hydroxylation is 1. The summed E-state index contributed by atoms with van der Waals surface area (Å²) < 4.78 is 19.8. The molecule has 2 N–H and O–H groups in total. The van der Waals surface area contributed by atoms with Gasteiger partial charge in [0.05, 0.1) is 17.3 Å². The highest BCUT2D eigenvalue weighted by Crippen LogP contribution is 2.27. The van der Waals surface area contributed by atoms with Crippen molar-refractivity contribution in [3.05, 3.63) is 45.8 Å². The van der Waals surface area contributed by atoms with E-state index < -0.39 is 5.82 Å². The number of halogens is 1. The van der Waals surface area contributed by atoms with E-state index in [1.54, 1.807) is 17.4 Å². The predicted octanol–water partition coefficient (Wildman–Crippen LogP) is 3.37. The van der Waals surface area contributed by atoms with Crippen LogP contribution in [0.25, 0.3) is 10.9 Å². The third-order valence-electron chi connectivity index (χ3n) is 3.87. The highest BCUT2D eigenvalue weighted by Gasteiger charge is 2.11. The number of aromatic amines is 1. The van der Waals surface area contributed by atoms with Crippen LogP contribution in [0.15, 0.2) is 23.7 Å². The van der Waals surface area contributed by atoms with Crippen molar-refractivity contribution in [3.8, 4) is 5.75 Å². The molecule has 7 heteroatoms. The summed E-state index contributed by atoms with van der Waals surface area (Å²) in [6.07, 6.45) is 3.15. The lowest BCUT2D eigenvalue weighted by molar-refractivity contribution is -0.118. The van der Waals surface area contributed by atoms with Crippen molar-refractivity contribution in [3.63, 3.8) is 0 Å². The third kappa shape index (κ3) is 4.36. The molecule has 25 heavy (non-hydrogen) atoms. The van der Waals surface area contributed by atoms with Crippen molar-refractivity contribution in [1.82, 2.24) is 15.3 Å².